The third-order valence-corrected chi connectivity index (χ3v) is 1.95. The van der Waals surface area contributed by atoms with E-state index in [-0.39, 0.29) is 6.61 Å². The summed E-state index contributed by atoms with van der Waals surface area (Å²) in [6.07, 6.45) is 0.899. The number of benzene rings is 1. The Morgan fingerprint density at radius 2 is 2.07 bits per heavy atom. The van der Waals surface area contributed by atoms with Crippen LogP contribution in [0.15, 0.2) is 24.3 Å². The summed E-state index contributed by atoms with van der Waals surface area (Å²) in [6, 6.07) is 7.56. The van der Waals surface area contributed by atoms with Crippen molar-refractivity contribution in [1.29, 1.82) is 0 Å². The highest BCUT2D eigenvalue weighted by Crippen LogP contribution is 2.20. The van der Waals surface area contributed by atoms with Crippen molar-refractivity contribution in [3.63, 3.8) is 0 Å². The fraction of sp³-hybridized carbons (Fsp3) is 0.417. The summed E-state index contributed by atoms with van der Waals surface area (Å²) in [7, 11) is 0. The zero-order valence-electron chi connectivity index (χ0n) is 9.06. The monoisotopic (exact) mass is 208 g/mol. The van der Waals surface area contributed by atoms with E-state index in [0.717, 1.165) is 12.0 Å². The molecule has 1 aromatic rings. The average molecular weight is 208 g/mol. The van der Waals surface area contributed by atoms with E-state index in [0.29, 0.717) is 11.7 Å². The molecule has 0 radical (unpaired) electrons. The second-order valence-electron chi connectivity index (χ2n) is 3.89. The van der Waals surface area contributed by atoms with Crippen molar-refractivity contribution in [2.45, 2.75) is 20.3 Å². The van der Waals surface area contributed by atoms with Gasteiger partial charge in [0.05, 0.1) is 0 Å². The Kier molecular flexibility index (Phi) is 4.16. The Bertz CT molecular complexity index is 331. The van der Waals surface area contributed by atoms with Crippen LogP contribution in [-0.2, 0) is 11.2 Å². The van der Waals surface area contributed by atoms with Gasteiger partial charge in [-0.3, -0.25) is 0 Å². The molecule has 1 rings (SSSR count). The van der Waals surface area contributed by atoms with Gasteiger partial charge in [-0.15, -0.1) is 0 Å². The van der Waals surface area contributed by atoms with Gasteiger partial charge in [0.25, 0.3) is 0 Å². The van der Waals surface area contributed by atoms with Crippen molar-refractivity contribution in [3.8, 4) is 5.75 Å². The summed E-state index contributed by atoms with van der Waals surface area (Å²) in [5.74, 6) is 0.252. The van der Waals surface area contributed by atoms with Crippen LogP contribution in [0.3, 0.4) is 0 Å². The summed E-state index contributed by atoms with van der Waals surface area (Å²) >= 11 is 0. The fourth-order valence-electron chi connectivity index (χ4n) is 1.39. The first kappa shape index (κ1) is 11.6. The second kappa shape index (κ2) is 5.39. The molecule has 0 heterocycles. The first-order valence-electron chi connectivity index (χ1n) is 5.02. The Morgan fingerprint density at radius 3 is 2.67 bits per heavy atom. The molecule has 0 fully saturated rings. The number of para-hydroxylation sites is 1. The topological polar surface area (TPSA) is 46.5 Å². The van der Waals surface area contributed by atoms with E-state index in [1.807, 2.05) is 18.2 Å². The smallest absolute Gasteiger partial charge is 0.341 e. The molecule has 0 bridgehead atoms. The first-order chi connectivity index (χ1) is 7.09. The molecule has 3 nitrogen and oxygen atoms in total. The van der Waals surface area contributed by atoms with Gasteiger partial charge in [-0.2, -0.15) is 0 Å². The van der Waals surface area contributed by atoms with Crippen LogP contribution in [0.5, 0.6) is 5.75 Å². The summed E-state index contributed by atoms with van der Waals surface area (Å²) in [5, 5.41) is 8.52. The van der Waals surface area contributed by atoms with Gasteiger partial charge < -0.3 is 9.84 Å². The number of ether oxygens (including phenoxy) is 1. The zero-order chi connectivity index (χ0) is 11.3. The third kappa shape index (κ3) is 4.02. The number of carbonyl (C=O) groups is 1. The first-order valence-corrected chi connectivity index (χ1v) is 5.02. The van der Waals surface area contributed by atoms with Crippen LogP contribution in [0.2, 0.25) is 0 Å². The fourth-order valence-corrected chi connectivity index (χ4v) is 1.39. The SMILES string of the molecule is CC(C)Cc1ccccc1OCC(=O)O. The zero-order valence-corrected chi connectivity index (χ0v) is 9.06. The molecule has 0 saturated carbocycles. The minimum atomic E-state index is -0.950. The van der Waals surface area contributed by atoms with Crippen LogP contribution in [0, 0.1) is 5.92 Å². The molecule has 0 aliphatic rings. The van der Waals surface area contributed by atoms with Crippen LogP contribution < -0.4 is 4.74 Å². The predicted octanol–water partition coefficient (Wildman–Crippen LogP) is 2.35. The second-order valence-corrected chi connectivity index (χ2v) is 3.89. The highest BCUT2D eigenvalue weighted by Gasteiger charge is 2.06. The number of carboxylic acid groups (broad SMARTS) is 1. The lowest BCUT2D eigenvalue weighted by Crippen LogP contribution is -2.11. The largest absolute Gasteiger partial charge is 0.482 e. The quantitative estimate of drug-likeness (QED) is 0.807. The molecule has 15 heavy (non-hydrogen) atoms. The molecule has 1 aromatic carbocycles. The van der Waals surface area contributed by atoms with Gasteiger partial charge in [0.1, 0.15) is 5.75 Å². The van der Waals surface area contributed by atoms with Crippen molar-refractivity contribution in [2.75, 3.05) is 6.61 Å². The Labute approximate surface area is 89.7 Å². The van der Waals surface area contributed by atoms with Gasteiger partial charge in [0.15, 0.2) is 6.61 Å². The molecular weight excluding hydrogens is 192 g/mol. The van der Waals surface area contributed by atoms with Gasteiger partial charge in [-0.1, -0.05) is 32.0 Å². The maximum atomic E-state index is 10.4. The molecule has 0 atom stereocenters. The molecule has 0 spiro atoms. The van der Waals surface area contributed by atoms with Gasteiger partial charge in [-0.25, -0.2) is 4.79 Å². The molecular formula is C12H16O3. The van der Waals surface area contributed by atoms with Crippen molar-refractivity contribution in [3.05, 3.63) is 29.8 Å². The van der Waals surface area contributed by atoms with Crippen LogP contribution >= 0.6 is 0 Å². The van der Waals surface area contributed by atoms with Gasteiger partial charge in [-0.05, 0) is 24.0 Å². The normalized spacial score (nSPS) is 10.3. The lowest BCUT2D eigenvalue weighted by molar-refractivity contribution is -0.139. The molecule has 0 aromatic heterocycles. The van der Waals surface area contributed by atoms with Crippen LogP contribution in [0.25, 0.3) is 0 Å². The van der Waals surface area contributed by atoms with Gasteiger partial charge in [0.2, 0.25) is 0 Å². The van der Waals surface area contributed by atoms with E-state index >= 15 is 0 Å². The summed E-state index contributed by atoms with van der Waals surface area (Å²) in [5.41, 5.74) is 1.06. The van der Waals surface area contributed by atoms with E-state index in [9.17, 15) is 4.79 Å². The number of rotatable bonds is 5. The van der Waals surface area contributed by atoms with Crippen molar-refractivity contribution >= 4 is 5.97 Å². The Morgan fingerprint density at radius 1 is 1.40 bits per heavy atom. The lowest BCUT2D eigenvalue weighted by Gasteiger charge is -2.11. The number of hydrogen-bond acceptors (Lipinski definition) is 2. The van der Waals surface area contributed by atoms with Gasteiger partial charge in [0, 0.05) is 0 Å². The Balaban J connectivity index is 2.72. The van der Waals surface area contributed by atoms with Crippen molar-refractivity contribution < 1.29 is 14.6 Å². The molecule has 82 valence electrons. The minimum Gasteiger partial charge on any atom is -0.482 e. The van der Waals surface area contributed by atoms with Crippen molar-refractivity contribution in [1.82, 2.24) is 0 Å². The number of carboxylic acids is 1. The van der Waals surface area contributed by atoms with Crippen LogP contribution in [0.4, 0.5) is 0 Å². The summed E-state index contributed by atoms with van der Waals surface area (Å²) in [6.45, 7) is 3.96. The number of aliphatic carboxylic acids is 1. The Hall–Kier alpha value is -1.51. The van der Waals surface area contributed by atoms with Gasteiger partial charge >= 0.3 is 5.97 Å². The van der Waals surface area contributed by atoms with E-state index in [1.165, 1.54) is 0 Å². The molecule has 1 N–H and O–H groups in total. The van der Waals surface area contributed by atoms with Crippen LogP contribution in [0.1, 0.15) is 19.4 Å². The lowest BCUT2D eigenvalue weighted by atomic mass is 10.0. The molecule has 0 amide bonds. The number of hydrogen-bond donors (Lipinski definition) is 1. The molecule has 0 saturated heterocycles. The highest BCUT2D eigenvalue weighted by molar-refractivity contribution is 5.68. The highest BCUT2D eigenvalue weighted by atomic mass is 16.5. The molecule has 0 unspecified atom stereocenters. The minimum absolute atomic E-state index is 0.283. The van der Waals surface area contributed by atoms with E-state index < -0.39 is 5.97 Å². The van der Waals surface area contributed by atoms with Crippen molar-refractivity contribution in [2.24, 2.45) is 5.92 Å². The van der Waals surface area contributed by atoms with E-state index in [4.69, 9.17) is 9.84 Å². The predicted molar refractivity (Wildman–Crippen MR) is 58.1 cm³/mol. The average Bonchev–Trinajstić information content (AvgIpc) is 2.15. The standard InChI is InChI=1S/C12H16O3/c1-9(2)7-10-5-3-4-6-11(10)15-8-12(13)14/h3-6,9H,7-8H2,1-2H3,(H,13,14). The summed E-state index contributed by atoms with van der Waals surface area (Å²) < 4.78 is 5.20. The van der Waals surface area contributed by atoms with E-state index in [2.05, 4.69) is 13.8 Å². The molecule has 0 aliphatic heterocycles. The van der Waals surface area contributed by atoms with E-state index in [1.54, 1.807) is 6.07 Å². The molecule has 0 aliphatic carbocycles. The summed E-state index contributed by atoms with van der Waals surface area (Å²) in [4.78, 5) is 10.4. The molecule has 3 heteroatoms. The maximum absolute atomic E-state index is 10.4. The van der Waals surface area contributed by atoms with Crippen LogP contribution in [-0.4, -0.2) is 17.7 Å². The third-order valence-electron chi connectivity index (χ3n) is 1.95. The maximum Gasteiger partial charge on any atom is 0.341 e.